The van der Waals surface area contributed by atoms with Crippen molar-refractivity contribution >= 4 is 28.8 Å². The minimum Gasteiger partial charge on any atom is -0.334 e. The van der Waals surface area contributed by atoms with Gasteiger partial charge in [0.1, 0.15) is 5.15 Å². The molecule has 0 aliphatic rings. The van der Waals surface area contributed by atoms with Gasteiger partial charge in [-0.3, -0.25) is 4.79 Å². The van der Waals surface area contributed by atoms with Gasteiger partial charge in [0.15, 0.2) is 0 Å². The standard InChI is InChI=1S/C13H13ClN2OS/c1-2-16(9-11-4-3-7-18-11)13(17)10-5-6-15-12(14)8-10/h3-8H,2,9H2,1H3. The molecule has 0 aromatic carbocycles. The lowest BCUT2D eigenvalue weighted by Crippen LogP contribution is -2.30. The van der Waals surface area contributed by atoms with Crippen molar-refractivity contribution in [1.82, 2.24) is 9.88 Å². The highest BCUT2D eigenvalue weighted by atomic mass is 35.5. The Kier molecular flexibility index (Phi) is 4.33. The van der Waals surface area contributed by atoms with E-state index in [0.717, 1.165) is 0 Å². The van der Waals surface area contributed by atoms with Crippen molar-refractivity contribution in [3.05, 3.63) is 51.4 Å². The van der Waals surface area contributed by atoms with Crippen LogP contribution in [0.3, 0.4) is 0 Å². The molecular weight excluding hydrogens is 268 g/mol. The highest BCUT2D eigenvalue weighted by Gasteiger charge is 2.15. The zero-order chi connectivity index (χ0) is 13.0. The molecule has 0 saturated carbocycles. The van der Waals surface area contributed by atoms with Crippen molar-refractivity contribution in [3.8, 4) is 0 Å². The summed E-state index contributed by atoms with van der Waals surface area (Å²) in [4.78, 5) is 19.1. The number of carbonyl (C=O) groups is 1. The van der Waals surface area contributed by atoms with E-state index in [9.17, 15) is 4.79 Å². The molecule has 2 heterocycles. The second kappa shape index (κ2) is 5.98. The Morgan fingerprint density at radius 3 is 2.94 bits per heavy atom. The first-order chi connectivity index (χ1) is 8.70. The first-order valence-electron chi connectivity index (χ1n) is 5.64. The monoisotopic (exact) mass is 280 g/mol. The molecule has 1 amide bonds. The average Bonchev–Trinajstić information content (AvgIpc) is 2.88. The molecule has 0 fully saturated rings. The molecule has 0 bridgehead atoms. The number of thiophene rings is 1. The van der Waals surface area contributed by atoms with E-state index in [4.69, 9.17) is 11.6 Å². The summed E-state index contributed by atoms with van der Waals surface area (Å²) in [6.45, 7) is 3.26. The molecule has 2 aromatic rings. The van der Waals surface area contributed by atoms with Gasteiger partial charge in [-0.2, -0.15) is 0 Å². The highest BCUT2D eigenvalue weighted by Crippen LogP contribution is 2.15. The minimum absolute atomic E-state index is 0.0183. The van der Waals surface area contributed by atoms with E-state index in [1.807, 2.05) is 24.4 Å². The number of amides is 1. The number of carbonyl (C=O) groups excluding carboxylic acids is 1. The van der Waals surface area contributed by atoms with E-state index in [-0.39, 0.29) is 5.91 Å². The molecule has 0 aliphatic carbocycles. The van der Waals surface area contributed by atoms with Crippen LogP contribution in [0.25, 0.3) is 0 Å². The van der Waals surface area contributed by atoms with Crippen LogP contribution < -0.4 is 0 Å². The molecule has 0 atom stereocenters. The summed E-state index contributed by atoms with van der Waals surface area (Å²) in [6, 6.07) is 7.30. The zero-order valence-corrected chi connectivity index (χ0v) is 11.5. The first kappa shape index (κ1) is 13.1. The van der Waals surface area contributed by atoms with E-state index in [1.165, 1.54) is 4.88 Å². The predicted octanol–water partition coefficient (Wildman–Crippen LogP) is 3.46. The van der Waals surface area contributed by atoms with Gasteiger partial charge in [0.2, 0.25) is 0 Å². The molecule has 0 spiro atoms. The van der Waals surface area contributed by atoms with Gasteiger partial charge in [0.25, 0.3) is 5.91 Å². The van der Waals surface area contributed by atoms with Crippen LogP contribution in [-0.4, -0.2) is 22.3 Å². The summed E-state index contributed by atoms with van der Waals surface area (Å²) in [5, 5.41) is 2.35. The molecular formula is C13H13ClN2OS. The number of pyridine rings is 1. The van der Waals surface area contributed by atoms with Crippen LogP contribution in [0.5, 0.6) is 0 Å². The van der Waals surface area contributed by atoms with Gasteiger partial charge in [-0.25, -0.2) is 4.98 Å². The highest BCUT2D eigenvalue weighted by molar-refractivity contribution is 7.09. The molecule has 0 aliphatic heterocycles. The van der Waals surface area contributed by atoms with Crippen LogP contribution in [0.15, 0.2) is 35.8 Å². The Morgan fingerprint density at radius 2 is 2.33 bits per heavy atom. The second-order valence-electron chi connectivity index (χ2n) is 3.77. The molecule has 3 nitrogen and oxygen atoms in total. The quantitative estimate of drug-likeness (QED) is 0.804. The third-order valence-electron chi connectivity index (χ3n) is 2.57. The summed E-state index contributed by atoms with van der Waals surface area (Å²) < 4.78 is 0. The number of rotatable bonds is 4. The van der Waals surface area contributed by atoms with Gasteiger partial charge in [-0.1, -0.05) is 17.7 Å². The zero-order valence-electron chi connectivity index (χ0n) is 9.97. The largest absolute Gasteiger partial charge is 0.334 e. The van der Waals surface area contributed by atoms with Crippen molar-refractivity contribution in [3.63, 3.8) is 0 Å². The average molecular weight is 281 g/mol. The molecule has 18 heavy (non-hydrogen) atoms. The normalized spacial score (nSPS) is 10.3. The maximum absolute atomic E-state index is 12.3. The van der Waals surface area contributed by atoms with Gasteiger partial charge in [-0.15, -0.1) is 11.3 Å². The third-order valence-corrected chi connectivity index (χ3v) is 3.64. The summed E-state index contributed by atoms with van der Waals surface area (Å²) in [5.41, 5.74) is 0.577. The lowest BCUT2D eigenvalue weighted by molar-refractivity contribution is 0.0754. The van der Waals surface area contributed by atoms with E-state index >= 15 is 0 Å². The predicted molar refractivity (Wildman–Crippen MR) is 74.0 cm³/mol. The molecule has 2 rings (SSSR count). The number of hydrogen-bond acceptors (Lipinski definition) is 3. The third kappa shape index (κ3) is 3.09. The fourth-order valence-electron chi connectivity index (χ4n) is 1.64. The number of nitrogens with zero attached hydrogens (tertiary/aromatic N) is 2. The van der Waals surface area contributed by atoms with Crippen LogP contribution in [-0.2, 0) is 6.54 Å². The van der Waals surface area contributed by atoms with Gasteiger partial charge in [0, 0.05) is 23.2 Å². The van der Waals surface area contributed by atoms with Crippen molar-refractivity contribution in [2.24, 2.45) is 0 Å². The van der Waals surface area contributed by atoms with Gasteiger partial charge < -0.3 is 4.90 Å². The fraction of sp³-hybridized carbons (Fsp3) is 0.231. The van der Waals surface area contributed by atoms with E-state index in [1.54, 1.807) is 34.6 Å². The maximum atomic E-state index is 12.3. The lowest BCUT2D eigenvalue weighted by atomic mass is 10.2. The Hall–Kier alpha value is -1.39. The topological polar surface area (TPSA) is 33.2 Å². The van der Waals surface area contributed by atoms with Crippen LogP contribution in [0, 0.1) is 0 Å². The molecule has 0 saturated heterocycles. The minimum atomic E-state index is -0.0183. The summed E-state index contributed by atoms with van der Waals surface area (Å²) in [6.07, 6.45) is 1.55. The van der Waals surface area contributed by atoms with E-state index in [2.05, 4.69) is 4.98 Å². The number of aromatic nitrogens is 1. The van der Waals surface area contributed by atoms with Gasteiger partial charge in [-0.05, 0) is 30.5 Å². The molecule has 0 unspecified atom stereocenters. The van der Waals surface area contributed by atoms with Gasteiger partial charge in [0.05, 0.1) is 6.54 Å². The van der Waals surface area contributed by atoms with Crippen LogP contribution in [0.4, 0.5) is 0 Å². The Morgan fingerprint density at radius 1 is 1.50 bits per heavy atom. The number of halogens is 1. The summed E-state index contributed by atoms with van der Waals surface area (Å²) >= 11 is 7.45. The summed E-state index contributed by atoms with van der Waals surface area (Å²) in [5.74, 6) is -0.0183. The van der Waals surface area contributed by atoms with Crippen LogP contribution in [0.2, 0.25) is 5.15 Å². The molecule has 2 aromatic heterocycles. The van der Waals surface area contributed by atoms with Crippen LogP contribution >= 0.6 is 22.9 Å². The maximum Gasteiger partial charge on any atom is 0.254 e. The SMILES string of the molecule is CCN(Cc1cccs1)C(=O)c1ccnc(Cl)c1. The smallest absolute Gasteiger partial charge is 0.254 e. The molecule has 0 N–H and O–H groups in total. The van der Waals surface area contributed by atoms with Crippen molar-refractivity contribution in [2.75, 3.05) is 6.54 Å². The van der Waals surface area contributed by atoms with Gasteiger partial charge >= 0.3 is 0 Å². The Labute approximate surface area is 115 Å². The van der Waals surface area contributed by atoms with Crippen molar-refractivity contribution in [2.45, 2.75) is 13.5 Å². The second-order valence-corrected chi connectivity index (χ2v) is 5.19. The number of hydrogen-bond donors (Lipinski definition) is 0. The fourth-order valence-corrected chi connectivity index (χ4v) is 2.53. The first-order valence-corrected chi connectivity index (χ1v) is 6.89. The molecule has 0 radical (unpaired) electrons. The summed E-state index contributed by atoms with van der Waals surface area (Å²) in [7, 11) is 0. The van der Waals surface area contributed by atoms with Crippen molar-refractivity contribution in [1.29, 1.82) is 0 Å². The Balaban J connectivity index is 2.15. The van der Waals surface area contributed by atoms with E-state index in [0.29, 0.717) is 23.8 Å². The molecule has 94 valence electrons. The van der Waals surface area contributed by atoms with Crippen molar-refractivity contribution < 1.29 is 4.79 Å². The molecule has 5 heteroatoms. The lowest BCUT2D eigenvalue weighted by Gasteiger charge is -2.20. The van der Waals surface area contributed by atoms with E-state index < -0.39 is 0 Å². The van der Waals surface area contributed by atoms with Crippen LogP contribution in [0.1, 0.15) is 22.2 Å². The Bertz CT molecular complexity index is 528.